The number of nitrogens with zero attached hydrogens (tertiary/aromatic N) is 1. The highest BCUT2D eigenvalue weighted by molar-refractivity contribution is 8.22. The Morgan fingerprint density at radius 2 is 2.24 bits per heavy atom. The van der Waals surface area contributed by atoms with E-state index in [1.807, 2.05) is 18.2 Å². The summed E-state index contributed by atoms with van der Waals surface area (Å²) in [5.74, 6) is 1.16. The van der Waals surface area contributed by atoms with E-state index in [4.69, 9.17) is 14.2 Å². The van der Waals surface area contributed by atoms with E-state index in [9.17, 15) is 4.79 Å². The first-order chi connectivity index (χ1) is 12.3. The number of pyridine rings is 1. The van der Waals surface area contributed by atoms with Gasteiger partial charge < -0.3 is 14.2 Å². The lowest BCUT2D eigenvalue weighted by Gasteiger charge is -2.14. The summed E-state index contributed by atoms with van der Waals surface area (Å²) in [5, 5.41) is 0. The summed E-state index contributed by atoms with van der Waals surface area (Å²) >= 11 is 3.19. The Hall–Kier alpha value is -1.28. The van der Waals surface area contributed by atoms with Gasteiger partial charge in [0.05, 0.1) is 29.6 Å². The van der Waals surface area contributed by atoms with Crippen LogP contribution in [0, 0.1) is 0 Å². The van der Waals surface area contributed by atoms with E-state index in [0.29, 0.717) is 31.1 Å². The lowest BCUT2D eigenvalue weighted by Crippen LogP contribution is -2.10. The molecule has 1 saturated heterocycles. The third-order valence-corrected chi connectivity index (χ3v) is 5.73. The largest absolute Gasteiger partial charge is 0.462 e. The molecular formula is C18H23NO4S2. The van der Waals surface area contributed by atoms with E-state index in [2.05, 4.69) is 11.6 Å². The number of carbonyl (C=O) groups excluding carboxylic acids is 1. The Bertz CT molecular complexity index is 586. The number of hydrogen-bond acceptors (Lipinski definition) is 7. The van der Waals surface area contributed by atoms with Crippen molar-refractivity contribution in [1.29, 1.82) is 0 Å². The molecule has 0 aliphatic carbocycles. The number of carbonyl (C=O) groups is 1. The smallest absolute Gasteiger partial charge is 0.340 e. The minimum absolute atomic E-state index is 0.150. The molecule has 1 aliphatic rings. The molecule has 25 heavy (non-hydrogen) atoms. The molecule has 5 nitrogen and oxygen atoms in total. The molecule has 7 heteroatoms. The fourth-order valence-corrected chi connectivity index (χ4v) is 4.42. The second-order valence-electron chi connectivity index (χ2n) is 5.03. The van der Waals surface area contributed by atoms with Gasteiger partial charge in [-0.2, -0.15) is 0 Å². The van der Waals surface area contributed by atoms with E-state index < -0.39 is 0 Å². The van der Waals surface area contributed by atoms with E-state index in [1.165, 1.54) is 0 Å². The third-order valence-electron chi connectivity index (χ3n) is 3.24. The number of aromatic nitrogens is 1. The lowest BCUT2D eigenvalue weighted by atomic mass is 10.1. The van der Waals surface area contributed by atoms with Gasteiger partial charge in [-0.05, 0) is 13.0 Å². The highest BCUT2D eigenvalue weighted by atomic mass is 32.2. The Balaban J connectivity index is 2.20. The molecule has 136 valence electrons. The van der Waals surface area contributed by atoms with Crippen LogP contribution in [-0.2, 0) is 19.0 Å². The first kappa shape index (κ1) is 20.0. The van der Waals surface area contributed by atoms with Crippen LogP contribution in [0.2, 0.25) is 0 Å². The van der Waals surface area contributed by atoms with Gasteiger partial charge in [0.2, 0.25) is 0 Å². The van der Waals surface area contributed by atoms with Crippen LogP contribution in [-0.4, -0.2) is 48.6 Å². The molecule has 1 aromatic rings. The van der Waals surface area contributed by atoms with Gasteiger partial charge in [0.1, 0.15) is 0 Å². The molecule has 0 aromatic carbocycles. The fraction of sp³-hybridized carbons (Fsp3) is 0.444. The van der Waals surface area contributed by atoms with Crippen LogP contribution in [0.3, 0.4) is 0 Å². The molecule has 0 unspecified atom stereocenters. The van der Waals surface area contributed by atoms with Crippen molar-refractivity contribution in [3.05, 3.63) is 47.0 Å². The number of thioether (sulfide) groups is 2. The Morgan fingerprint density at radius 3 is 2.88 bits per heavy atom. The molecule has 2 heterocycles. The van der Waals surface area contributed by atoms with Crippen molar-refractivity contribution in [3.63, 3.8) is 0 Å². The SMILES string of the molecule is C=CCS/C(SCCC1OCCO1)=C(/C(=O)OCC)c1cccnc1. The van der Waals surface area contributed by atoms with Crippen LogP contribution in [0.25, 0.3) is 5.57 Å². The van der Waals surface area contributed by atoms with Crippen molar-refractivity contribution in [2.24, 2.45) is 0 Å². The molecule has 1 fully saturated rings. The van der Waals surface area contributed by atoms with Gasteiger partial charge in [0, 0.05) is 35.9 Å². The maximum absolute atomic E-state index is 12.6. The summed E-state index contributed by atoms with van der Waals surface area (Å²) in [4.78, 5) is 16.7. The number of hydrogen-bond donors (Lipinski definition) is 0. The number of rotatable bonds is 10. The minimum Gasteiger partial charge on any atom is -0.462 e. The zero-order valence-electron chi connectivity index (χ0n) is 14.3. The standard InChI is InChI=1S/C18H23NO4S2/c1-3-11-24-18(25-12-7-15-22-9-10-23-15)16(17(20)21-4-2)14-6-5-8-19-13-14/h3,5-6,8,13,15H,1,4,7,9-12H2,2H3/b18-16-. The molecule has 0 radical (unpaired) electrons. The normalized spacial score (nSPS) is 15.7. The molecule has 0 amide bonds. The minimum atomic E-state index is -0.331. The van der Waals surface area contributed by atoms with Gasteiger partial charge in [0.25, 0.3) is 0 Å². The van der Waals surface area contributed by atoms with Crippen LogP contribution in [0.5, 0.6) is 0 Å². The van der Waals surface area contributed by atoms with E-state index in [1.54, 1.807) is 42.8 Å². The highest BCUT2D eigenvalue weighted by Crippen LogP contribution is 2.37. The van der Waals surface area contributed by atoms with Gasteiger partial charge in [-0.1, -0.05) is 12.1 Å². The monoisotopic (exact) mass is 381 g/mol. The van der Waals surface area contributed by atoms with Gasteiger partial charge in [-0.25, -0.2) is 4.79 Å². The summed E-state index contributed by atoms with van der Waals surface area (Å²) in [6.45, 7) is 7.19. The molecule has 1 aromatic heterocycles. The van der Waals surface area contributed by atoms with Crippen LogP contribution in [0.1, 0.15) is 18.9 Å². The summed E-state index contributed by atoms with van der Waals surface area (Å²) in [6, 6.07) is 3.69. The summed E-state index contributed by atoms with van der Waals surface area (Å²) in [5.41, 5.74) is 1.31. The van der Waals surface area contributed by atoms with Gasteiger partial charge >= 0.3 is 5.97 Å². The maximum Gasteiger partial charge on any atom is 0.340 e. The van der Waals surface area contributed by atoms with E-state index in [-0.39, 0.29) is 12.3 Å². The second-order valence-corrected chi connectivity index (χ2v) is 7.43. The van der Waals surface area contributed by atoms with Crippen molar-refractivity contribution in [2.75, 3.05) is 31.3 Å². The van der Waals surface area contributed by atoms with E-state index in [0.717, 1.165) is 22.0 Å². The topological polar surface area (TPSA) is 57.7 Å². The van der Waals surface area contributed by atoms with Crippen LogP contribution in [0.15, 0.2) is 41.4 Å². The van der Waals surface area contributed by atoms with Gasteiger partial charge in [0.15, 0.2) is 6.29 Å². The number of ether oxygens (including phenoxy) is 3. The molecule has 0 spiro atoms. The summed E-state index contributed by atoms with van der Waals surface area (Å²) in [6.07, 6.45) is 5.81. The molecule has 0 saturated carbocycles. The summed E-state index contributed by atoms with van der Waals surface area (Å²) in [7, 11) is 0. The first-order valence-corrected chi connectivity index (χ1v) is 10.1. The Labute approximate surface area is 157 Å². The predicted octanol–water partition coefficient (Wildman–Crippen LogP) is 3.73. The number of esters is 1. The van der Waals surface area contributed by atoms with Crippen LogP contribution in [0.4, 0.5) is 0 Å². The zero-order chi connectivity index (χ0) is 17.9. The highest BCUT2D eigenvalue weighted by Gasteiger charge is 2.21. The van der Waals surface area contributed by atoms with Crippen molar-refractivity contribution >= 4 is 35.1 Å². The van der Waals surface area contributed by atoms with E-state index >= 15 is 0 Å². The average Bonchev–Trinajstić information content (AvgIpc) is 3.14. The van der Waals surface area contributed by atoms with Gasteiger partial charge in [-0.3, -0.25) is 4.98 Å². The molecule has 1 aliphatic heterocycles. The Kier molecular flexibility index (Phi) is 9.10. The van der Waals surface area contributed by atoms with Crippen molar-refractivity contribution < 1.29 is 19.0 Å². The quantitative estimate of drug-likeness (QED) is 0.348. The van der Waals surface area contributed by atoms with Crippen molar-refractivity contribution in [2.45, 2.75) is 19.6 Å². The molecule has 2 rings (SSSR count). The van der Waals surface area contributed by atoms with Crippen molar-refractivity contribution in [3.8, 4) is 0 Å². The molecular weight excluding hydrogens is 358 g/mol. The fourth-order valence-electron chi connectivity index (χ4n) is 2.18. The third kappa shape index (κ3) is 6.51. The average molecular weight is 382 g/mol. The van der Waals surface area contributed by atoms with Crippen LogP contribution >= 0.6 is 23.5 Å². The lowest BCUT2D eigenvalue weighted by molar-refractivity contribution is -0.136. The van der Waals surface area contributed by atoms with Crippen molar-refractivity contribution in [1.82, 2.24) is 4.98 Å². The first-order valence-electron chi connectivity index (χ1n) is 8.17. The van der Waals surface area contributed by atoms with Crippen LogP contribution < -0.4 is 0 Å². The second kappa shape index (κ2) is 11.4. The molecule has 0 N–H and O–H groups in total. The maximum atomic E-state index is 12.6. The van der Waals surface area contributed by atoms with Gasteiger partial charge in [-0.15, -0.1) is 30.1 Å². The zero-order valence-corrected chi connectivity index (χ0v) is 15.9. The predicted molar refractivity (Wildman–Crippen MR) is 103 cm³/mol. The molecule has 0 atom stereocenters. The summed E-state index contributed by atoms with van der Waals surface area (Å²) < 4.78 is 17.1. The Morgan fingerprint density at radius 1 is 1.44 bits per heavy atom. The molecule has 0 bridgehead atoms.